The Hall–Kier alpha value is -1.57. The number of fused-ring (bicyclic) bond motifs is 1. The van der Waals surface area contributed by atoms with E-state index in [2.05, 4.69) is 24.3 Å². The van der Waals surface area contributed by atoms with Gasteiger partial charge in [0.15, 0.2) is 0 Å². The third kappa shape index (κ3) is 2.12. The van der Waals surface area contributed by atoms with E-state index < -0.39 is 5.41 Å². The molecule has 0 N–H and O–H groups in total. The maximum absolute atomic E-state index is 11.8. The van der Waals surface area contributed by atoms with E-state index in [-0.39, 0.29) is 11.9 Å². The summed E-state index contributed by atoms with van der Waals surface area (Å²) in [7, 11) is 1.45. The summed E-state index contributed by atoms with van der Waals surface area (Å²) in [5, 5.41) is 0. The molecular formula is C15H18O2. The van der Waals surface area contributed by atoms with Gasteiger partial charge in [0.2, 0.25) is 0 Å². The van der Waals surface area contributed by atoms with Crippen LogP contribution in [0.15, 0.2) is 30.3 Å². The predicted octanol–water partition coefficient (Wildman–Crippen LogP) is 3.07. The van der Waals surface area contributed by atoms with Crippen molar-refractivity contribution in [2.75, 3.05) is 7.11 Å². The number of allylic oxidation sites excluding steroid dienone is 1. The lowest BCUT2D eigenvalue weighted by atomic mass is 9.73. The fourth-order valence-corrected chi connectivity index (χ4v) is 2.32. The van der Waals surface area contributed by atoms with Gasteiger partial charge in [-0.25, -0.2) is 0 Å². The van der Waals surface area contributed by atoms with Gasteiger partial charge in [-0.2, -0.15) is 0 Å². The van der Waals surface area contributed by atoms with Crippen molar-refractivity contribution in [3.63, 3.8) is 0 Å². The summed E-state index contributed by atoms with van der Waals surface area (Å²) in [4.78, 5) is 11.8. The largest absolute Gasteiger partial charge is 0.469 e. The second-order valence-electron chi connectivity index (χ2n) is 5.08. The minimum Gasteiger partial charge on any atom is -0.469 e. The van der Waals surface area contributed by atoms with Crippen molar-refractivity contribution in [3.8, 4) is 0 Å². The summed E-state index contributed by atoms with van der Waals surface area (Å²) >= 11 is 0. The molecule has 0 saturated carbocycles. The lowest BCUT2D eigenvalue weighted by Gasteiger charge is -2.32. The zero-order valence-electron chi connectivity index (χ0n) is 10.6. The molecule has 17 heavy (non-hydrogen) atoms. The highest BCUT2D eigenvalue weighted by Gasteiger charge is 2.37. The molecule has 0 bridgehead atoms. The van der Waals surface area contributed by atoms with Crippen molar-refractivity contribution >= 4 is 12.0 Å². The van der Waals surface area contributed by atoms with Gasteiger partial charge in [0.1, 0.15) is 0 Å². The number of carbonyl (C=O) groups excluding carboxylic acids is 1. The number of hydrogen-bond acceptors (Lipinski definition) is 2. The van der Waals surface area contributed by atoms with E-state index in [4.69, 9.17) is 4.74 Å². The summed E-state index contributed by atoms with van der Waals surface area (Å²) < 4.78 is 4.88. The third-order valence-electron chi connectivity index (χ3n) is 3.64. The van der Waals surface area contributed by atoms with Crippen LogP contribution in [-0.2, 0) is 16.0 Å². The fraction of sp³-hybridized carbons (Fsp3) is 0.400. The van der Waals surface area contributed by atoms with Gasteiger partial charge in [-0.1, -0.05) is 36.4 Å². The fourth-order valence-electron chi connectivity index (χ4n) is 2.32. The van der Waals surface area contributed by atoms with E-state index in [0.717, 1.165) is 6.42 Å². The molecule has 0 aromatic heterocycles. The van der Waals surface area contributed by atoms with Crippen LogP contribution in [-0.4, -0.2) is 13.1 Å². The van der Waals surface area contributed by atoms with Gasteiger partial charge in [-0.05, 0) is 37.3 Å². The normalized spacial score (nSPS) is 18.6. The highest BCUT2D eigenvalue weighted by atomic mass is 16.5. The molecule has 0 saturated heterocycles. The lowest BCUT2D eigenvalue weighted by Crippen LogP contribution is -2.35. The molecule has 1 atom stereocenters. The SMILES string of the molecule is COC(=O)C(C)(C)[C@H]1C=Cc2ccccc2C1. The molecule has 1 aliphatic rings. The van der Waals surface area contributed by atoms with Crippen molar-refractivity contribution < 1.29 is 9.53 Å². The van der Waals surface area contributed by atoms with Crippen molar-refractivity contribution in [1.82, 2.24) is 0 Å². The first-order valence-corrected chi connectivity index (χ1v) is 5.90. The molecule has 1 aliphatic carbocycles. The molecule has 2 rings (SSSR count). The molecule has 0 amide bonds. The minimum absolute atomic E-state index is 0.147. The first-order chi connectivity index (χ1) is 8.05. The molecule has 0 heterocycles. The van der Waals surface area contributed by atoms with Crippen molar-refractivity contribution in [1.29, 1.82) is 0 Å². The summed E-state index contributed by atoms with van der Waals surface area (Å²) in [6.45, 7) is 3.89. The summed E-state index contributed by atoms with van der Waals surface area (Å²) in [6, 6.07) is 8.31. The monoisotopic (exact) mass is 230 g/mol. The zero-order chi connectivity index (χ0) is 12.5. The molecule has 0 unspecified atom stereocenters. The first kappa shape index (κ1) is 11.9. The number of esters is 1. The second kappa shape index (κ2) is 4.36. The van der Waals surface area contributed by atoms with Gasteiger partial charge in [0.05, 0.1) is 12.5 Å². The van der Waals surface area contributed by atoms with Gasteiger partial charge in [0.25, 0.3) is 0 Å². The van der Waals surface area contributed by atoms with Crippen molar-refractivity contribution in [2.45, 2.75) is 20.3 Å². The molecule has 1 aromatic carbocycles. The van der Waals surface area contributed by atoms with E-state index in [1.54, 1.807) is 0 Å². The van der Waals surface area contributed by atoms with Gasteiger partial charge in [-0.3, -0.25) is 4.79 Å². The van der Waals surface area contributed by atoms with Crippen LogP contribution in [0.25, 0.3) is 6.08 Å². The molecule has 2 nitrogen and oxygen atoms in total. The topological polar surface area (TPSA) is 26.3 Å². The van der Waals surface area contributed by atoms with Crippen LogP contribution in [0, 0.1) is 11.3 Å². The Morgan fingerprint density at radius 2 is 2.06 bits per heavy atom. The van der Waals surface area contributed by atoms with Crippen LogP contribution in [0.1, 0.15) is 25.0 Å². The zero-order valence-corrected chi connectivity index (χ0v) is 10.6. The number of carbonyl (C=O) groups is 1. The smallest absolute Gasteiger partial charge is 0.311 e. The van der Waals surface area contributed by atoms with Crippen LogP contribution < -0.4 is 0 Å². The van der Waals surface area contributed by atoms with Crippen molar-refractivity contribution in [2.24, 2.45) is 11.3 Å². The molecule has 1 aromatic rings. The predicted molar refractivity (Wildman–Crippen MR) is 68.5 cm³/mol. The van der Waals surface area contributed by atoms with Crippen LogP contribution in [0.4, 0.5) is 0 Å². The number of rotatable bonds is 2. The third-order valence-corrected chi connectivity index (χ3v) is 3.64. The summed E-state index contributed by atoms with van der Waals surface area (Å²) in [5.74, 6) is 0.0522. The minimum atomic E-state index is -0.473. The van der Waals surface area contributed by atoms with Crippen LogP contribution in [0.2, 0.25) is 0 Å². The Kier molecular flexibility index (Phi) is 3.05. The Morgan fingerprint density at radius 1 is 1.35 bits per heavy atom. The lowest BCUT2D eigenvalue weighted by molar-refractivity contribution is -0.152. The number of hydrogen-bond donors (Lipinski definition) is 0. The van der Waals surface area contributed by atoms with Gasteiger partial charge >= 0.3 is 5.97 Å². The Bertz CT molecular complexity index is 458. The first-order valence-electron chi connectivity index (χ1n) is 5.90. The van der Waals surface area contributed by atoms with E-state index >= 15 is 0 Å². The average molecular weight is 230 g/mol. The molecular weight excluding hydrogens is 212 g/mol. The van der Waals surface area contributed by atoms with Crippen LogP contribution >= 0.6 is 0 Å². The maximum Gasteiger partial charge on any atom is 0.311 e. The standard InChI is InChI=1S/C15H18O2/c1-15(2,14(16)17-3)13-9-8-11-6-4-5-7-12(11)10-13/h4-9,13H,10H2,1-3H3/t13-/m0/s1. The molecule has 0 radical (unpaired) electrons. The highest BCUT2D eigenvalue weighted by molar-refractivity contribution is 5.77. The number of methoxy groups -OCH3 is 1. The number of benzene rings is 1. The van der Waals surface area contributed by atoms with E-state index in [1.807, 2.05) is 26.0 Å². The summed E-state index contributed by atoms with van der Waals surface area (Å²) in [6.07, 6.45) is 5.13. The maximum atomic E-state index is 11.8. The van der Waals surface area contributed by atoms with Crippen LogP contribution in [0.3, 0.4) is 0 Å². The van der Waals surface area contributed by atoms with E-state index in [9.17, 15) is 4.79 Å². The molecule has 0 fully saturated rings. The molecule has 2 heteroatoms. The van der Waals surface area contributed by atoms with E-state index in [1.165, 1.54) is 18.2 Å². The highest BCUT2D eigenvalue weighted by Crippen LogP contribution is 2.36. The van der Waals surface area contributed by atoms with Gasteiger partial charge < -0.3 is 4.74 Å². The Balaban J connectivity index is 2.26. The van der Waals surface area contributed by atoms with Gasteiger partial charge in [-0.15, -0.1) is 0 Å². The molecule has 90 valence electrons. The second-order valence-corrected chi connectivity index (χ2v) is 5.08. The van der Waals surface area contributed by atoms with Crippen molar-refractivity contribution in [3.05, 3.63) is 41.5 Å². The van der Waals surface area contributed by atoms with E-state index in [0.29, 0.717) is 0 Å². The van der Waals surface area contributed by atoms with Gasteiger partial charge in [0, 0.05) is 0 Å². The van der Waals surface area contributed by atoms with Crippen LogP contribution in [0.5, 0.6) is 0 Å². The molecule has 0 aliphatic heterocycles. The quantitative estimate of drug-likeness (QED) is 0.730. The average Bonchev–Trinajstić information content (AvgIpc) is 2.37. The number of ether oxygens (including phenoxy) is 1. The molecule has 0 spiro atoms. The summed E-state index contributed by atoms with van der Waals surface area (Å²) in [5.41, 5.74) is 2.08. The Labute approximate surface area is 102 Å². The Morgan fingerprint density at radius 3 is 2.76 bits per heavy atom.